The van der Waals surface area contributed by atoms with E-state index in [0.29, 0.717) is 15.8 Å². The van der Waals surface area contributed by atoms with Gasteiger partial charge in [0.05, 0.1) is 4.90 Å². The summed E-state index contributed by atoms with van der Waals surface area (Å²) in [4.78, 5) is 0.167. The summed E-state index contributed by atoms with van der Waals surface area (Å²) in [6, 6.07) is 9.62. The zero-order valence-corrected chi connectivity index (χ0v) is 15.1. The molecule has 0 aromatic heterocycles. The van der Waals surface area contributed by atoms with Crippen molar-refractivity contribution in [3.63, 3.8) is 0 Å². The second-order valence-electron chi connectivity index (χ2n) is 5.07. The van der Waals surface area contributed by atoms with E-state index in [1.54, 1.807) is 0 Å². The molecule has 0 fully saturated rings. The van der Waals surface area contributed by atoms with Crippen molar-refractivity contribution in [2.24, 2.45) is 0 Å². The molecule has 0 unspecified atom stereocenters. The molecule has 2 aromatic carbocycles. The first-order valence-corrected chi connectivity index (χ1v) is 9.18. The van der Waals surface area contributed by atoms with E-state index >= 15 is 0 Å². The average molecular weight is 374 g/mol. The van der Waals surface area contributed by atoms with Gasteiger partial charge in [0.2, 0.25) is 10.0 Å². The molecule has 0 radical (unpaired) electrons. The second-order valence-corrected chi connectivity index (χ2v) is 7.65. The van der Waals surface area contributed by atoms with Gasteiger partial charge < -0.3 is 4.74 Å². The molecule has 0 bridgehead atoms. The number of halogens is 2. The summed E-state index contributed by atoms with van der Waals surface area (Å²) in [6.07, 6.45) is 0. The Morgan fingerprint density at radius 3 is 2.17 bits per heavy atom. The van der Waals surface area contributed by atoms with Crippen molar-refractivity contribution < 1.29 is 13.2 Å². The van der Waals surface area contributed by atoms with E-state index in [9.17, 15) is 8.42 Å². The zero-order valence-electron chi connectivity index (χ0n) is 12.8. The maximum atomic E-state index is 12.1. The summed E-state index contributed by atoms with van der Waals surface area (Å²) < 4.78 is 32.2. The first kappa shape index (κ1) is 18.1. The van der Waals surface area contributed by atoms with Crippen LogP contribution in [-0.2, 0) is 10.0 Å². The molecule has 0 atom stereocenters. The van der Waals surface area contributed by atoms with Crippen molar-refractivity contribution in [3.05, 3.63) is 57.6 Å². The summed E-state index contributed by atoms with van der Waals surface area (Å²) in [6.45, 7) is 4.16. The van der Waals surface area contributed by atoms with Gasteiger partial charge in [-0.05, 0) is 61.4 Å². The van der Waals surface area contributed by atoms with E-state index in [1.165, 1.54) is 24.3 Å². The highest BCUT2D eigenvalue weighted by atomic mass is 35.5. The molecule has 0 saturated heterocycles. The minimum atomic E-state index is -3.56. The van der Waals surface area contributed by atoms with Crippen LogP contribution in [0.1, 0.15) is 11.1 Å². The van der Waals surface area contributed by atoms with Crippen LogP contribution in [0.3, 0.4) is 0 Å². The smallest absolute Gasteiger partial charge is 0.240 e. The molecule has 0 aliphatic heterocycles. The Labute approximate surface area is 146 Å². The lowest BCUT2D eigenvalue weighted by Crippen LogP contribution is -2.28. The van der Waals surface area contributed by atoms with Crippen LogP contribution in [-0.4, -0.2) is 21.6 Å². The summed E-state index contributed by atoms with van der Waals surface area (Å²) in [5.74, 6) is 0.662. The Bertz CT molecular complexity index is 766. The van der Waals surface area contributed by atoms with Gasteiger partial charge in [0.1, 0.15) is 12.4 Å². The van der Waals surface area contributed by atoms with Crippen molar-refractivity contribution in [3.8, 4) is 5.75 Å². The molecule has 0 spiro atoms. The van der Waals surface area contributed by atoms with Crippen molar-refractivity contribution >= 4 is 33.2 Å². The molecule has 0 saturated carbocycles. The van der Waals surface area contributed by atoms with Crippen molar-refractivity contribution in [1.82, 2.24) is 4.72 Å². The van der Waals surface area contributed by atoms with Crippen LogP contribution in [0.25, 0.3) is 0 Å². The van der Waals surface area contributed by atoms with Crippen LogP contribution < -0.4 is 9.46 Å². The molecule has 2 rings (SSSR count). The largest absolute Gasteiger partial charge is 0.492 e. The van der Waals surface area contributed by atoms with Gasteiger partial charge in [-0.25, -0.2) is 13.1 Å². The summed E-state index contributed by atoms with van der Waals surface area (Å²) in [5, 5.41) is 1.20. The third kappa shape index (κ3) is 4.85. The number of ether oxygens (including phenoxy) is 1. The van der Waals surface area contributed by atoms with Gasteiger partial charge in [0.15, 0.2) is 0 Å². The van der Waals surface area contributed by atoms with E-state index in [1.807, 2.05) is 26.0 Å². The molecule has 0 heterocycles. The molecule has 1 N–H and O–H groups in total. The standard InChI is InChI=1S/C16H17Cl2NO3S/c1-11-9-14(10-12(2)16(11)18)22-8-7-19-23(20,21)15-5-3-13(17)4-6-15/h3-6,9-10,19H,7-8H2,1-2H3. The normalized spacial score (nSPS) is 11.5. The van der Waals surface area contributed by atoms with Crippen LogP contribution in [0.4, 0.5) is 0 Å². The number of aryl methyl sites for hydroxylation is 2. The zero-order chi connectivity index (χ0) is 17.0. The fraction of sp³-hybridized carbons (Fsp3) is 0.250. The third-order valence-corrected chi connectivity index (χ3v) is 5.52. The van der Waals surface area contributed by atoms with Crippen LogP contribution >= 0.6 is 23.2 Å². The molecular formula is C16H17Cl2NO3S. The number of sulfonamides is 1. The van der Waals surface area contributed by atoms with Gasteiger partial charge in [0.25, 0.3) is 0 Å². The van der Waals surface area contributed by atoms with Gasteiger partial charge >= 0.3 is 0 Å². The van der Waals surface area contributed by atoms with Crippen LogP contribution in [0, 0.1) is 13.8 Å². The van der Waals surface area contributed by atoms with E-state index in [0.717, 1.165) is 11.1 Å². The Morgan fingerprint density at radius 2 is 1.61 bits per heavy atom. The number of rotatable bonds is 6. The first-order valence-electron chi connectivity index (χ1n) is 6.94. The van der Waals surface area contributed by atoms with E-state index in [2.05, 4.69) is 4.72 Å². The average Bonchev–Trinajstić information content (AvgIpc) is 2.49. The quantitative estimate of drug-likeness (QED) is 0.779. The highest BCUT2D eigenvalue weighted by Crippen LogP contribution is 2.25. The van der Waals surface area contributed by atoms with Gasteiger partial charge in [-0.3, -0.25) is 0 Å². The van der Waals surface area contributed by atoms with E-state index in [4.69, 9.17) is 27.9 Å². The first-order chi connectivity index (χ1) is 10.8. The number of hydrogen-bond acceptors (Lipinski definition) is 3. The fourth-order valence-corrected chi connectivity index (χ4v) is 3.28. The molecule has 4 nitrogen and oxygen atoms in total. The SMILES string of the molecule is Cc1cc(OCCNS(=O)(=O)c2ccc(Cl)cc2)cc(C)c1Cl. The third-order valence-electron chi connectivity index (χ3n) is 3.20. The highest BCUT2D eigenvalue weighted by Gasteiger charge is 2.13. The minimum absolute atomic E-state index is 0.158. The maximum absolute atomic E-state index is 12.1. The lowest BCUT2D eigenvalue weighted by Gasteiger charge is -2.11. The molecule has 0 aliphatic carbocycles. The molecule has 2 aromatic rings. The molecular weight excluding hydrogens is 357 g/mol. The lowest BCUT2D eigenvalue weighted by molar-refractivity contribution is 0.322. The molecule has 124 valence electrons. The topological polar surface area (TPSA) is 55.4 Å². The number of nitrogens with one attached hydrogen (secondary N) is 1. The molecule has 23 heavy (non-hydrogen) atoms. The Morgan fingerprint density at radius 1 is 1.04 bits per heavy atom. The molecule has 7 heteroatoms. The minimum Gasteiger partial charge on any atom is -0.492 e. The predicted octanol–water partition coefficient (Wildman–Crippen LogP) is 3.97. The summed E-state index contributed by atoms with van der Waals surface area (Å²) >= 11 is 11.8. The van der Waals surface area contributed by atoms with Crippen LogP contribution in [0.15, 0.2) is 41.3 Å². The van der Waals surface area contributed by atoms with Crippen LogP contribution in [0.2, 0.25) is 10.0 Å². The number of benzene rings is 2. The van der Waals surface area contributed by atoms with Gasteiger partial charge in [0, 0.05) is 16.6 Å². The predicted molar refractivity (Wildman–Crippen MR) is 93.1 cm³/mol. The monoisotopic (exact) mass is 373 g/mol. The van der Waals surface area contributed by atoms with Crippen LogP contribution in [0.5, 0.6) is 5.75 Å². The summed E-state index contributed by atoms with van der Waals surface area (Å²) in [5.41, 5.74) is 1.84. The highest BCUT2D eigenvalue weighted by molar-refractivity contribution is 7.89. The molecule has 0 aliphatic rings. The van der Waals surface area contributed by atoms with E-state index < -0.39 is 10.0 Å². The summed E-state index contributed by atoms with van der Waals surface area (Å²) in [7, 11) is -3.56. The van der Waals surface area contributed by atoms with Gasteiger partial charge in [-0.2, -0.15) is 0 Å². The van der Waals surface area contributed by atoms with Gasteiger partial charge in [-0.1, -0.05) is 23.2 Å². The van der Waals surface area contributed by atoms with Crippen molar-refractivity contribution in [2.45, 2.75) is 18.7 Å². The van der Waals surface area contributed by atoms with E-state index in [-0.39, 0.29) is 18.0 Å². The second kappa shape index (κ2) is 7.53. The Hall–Kier alpha value is -1.27. The Balaban J connectivity index is 1.91. The fourth-order valence-electron chi connectivity index (χ4n) is 2.03. The molecule has 0 amide bonds. The van der Waals surface area contributed by atoms with Crippen molar-refractivity contribution in [2.75, 3.05) is 13.2 Å². The van der Waals surface area contributed by atoms with Crippen molar-refractivity contribution in [1.29, 1.82) is 0 Å². The van der Waals surface area contributed by atoms with Gasteiger partial charge in [-0.15, -0.1) is 0 Å². The lowest BCUT2D eigenvalue weighted by atomic mass is 10.1. The maximum Gasteiger partial charge on any atom is 0.240 e. The number of hydrogen-bond donors (Lipinski definition) is 1. The Kier molecular flexibility index (Phi) is 5.92.